The highest BCUT2D eigenvalue weighted by Gasteiger charge is 2.11. The molecule has 0 fully saturated rings. The Bertz CT molecular complexity index is 286. The maximum absolute atomic E-state index is 3.63. The fraction of sp³-hybridized carbons (Fsp3) is 0.538. The predicted octanol–water partition coefficient (Wildman–Crippen LogP) is 4.62. The number of halogens is 1. The van der Waals surface area contributed by atoms with Gasteiger partial charge in [0.05, 0.1) is 0 Å². The van der Waals surface area contributed by atoms with E-state index < -0.39 is 0 Å². The average molecular weight is 287 g/mol. The van der Waals surface area contributed by atoms with Gasteiger partial charge < -0.3 is 0 Å². The van der Waals surface area contributed by atoms with Crippen molar-refractivity contribution in [3.63, 3.8) is 0 Å². The minimum atomic E-state index is 0.672. The fourth-order valence-electron chi connectivity index (χ4n) is 1.73. The molecular formula is C13H19BrS. The summed E-state index contributed by atoms with van der Waals surface area (Å²) in [6.07, 6.45) is 1.27. The molecule has 84 valence electrons. The Labute approximate surface area is 106 Å². The summed E-state index contributed by atoms with van der Waals surface area (Å²) >= 11 is 5.66. The van der Waals surface area contributed by atoms with E-state index in [1.54, 1.807) is 0 Å². The Kier molecular flexibility index (Phi) is 6.42. The smallest absolute Gasteiger partial charge is 0.0101 e. The van der Waals surface area contributed by atoms with Crippen LogP contribution in [0.4, 0.5) is 0 Å². The van der Waals surface area contributed by atoms with Gasteiger partial charge in [-0.05, 0) is 41.9 Å². The molecule has 1 aromatic carbocycles. The summed E-state index contributed by atoms with van der Waals surface area (Å²) in [6, 6.07) is 8.73. The molecule has 1 unspecified atom stereocenters. The molecule has 0 radical (unpaired) electrons. The SMILES string of the molecule is CCSCCC(CBr)c1ccccc1C. The number of aryl methyl sites for hydroxylation is 1. The number of rotatable bonds is 6. The zero-order valence-corrected chi connectivity index (χ0v) is 11.9. The summed E-state index contributed by atoms with van der Waals surface area (Å²) < 4.78 is 0. The van der Waals surface area contributed by atoms with Crippen LogP contribution in [0, 0.1) is 6.92 Å². The maximum atomic E-state index is 3.63. The summed E-state index contributed by atoms with van der Waals surface area (Å²) in [4.78, 5) is 0. The topological polar surface area (TPSA) is 0 Å². The van der Waals surface area contributed by atoms with E-state index in [2.05, 4.69) is 54.0 Å². The summed E-state index contributed by atoms with van der Waals surface area (Å²) in [5.41, 5.74) is 2.93. The number of hydrogen-bond acceptors (Lipinski definition) is 1. The Morgan fingerprint density at radius 1 is 1.33 bits per heavy atom. The van der Waals surface area contributed by atoms with Gasteiger partial charge in [0.2, 0.25) is 0 Å². The minimum absolute atomic E-state index is 0.672. The van der Waals surface area contributed by atoms with E-state index in [0.717, 1.165) is 5.33 Å². The van der Waals surface area contributed by atoms with Crippen molar-refractivity contribution in [2.24, 2.45) is 0 Å². The van der Waals surface area contributed by atoms with E-state index in [1.165, 1.54) is 29.1 Å². The highest BCUT2D eigenvalue weighted by Crippen LogP contribution is 2.26. The largest absolute Gasteiger partial charge is 0.162 e. The molecule has 0 aliphatic rings. The molecule has 15 heavy (non-hydrogen) atoms. The molecular weight excluding hydrogens is 268 g/mol. The summed E-state index contributed by atoms with van der Waals surface area (Å²) in [5, 5.41) is 1.07. The van der Waals surface area contributed by atoms with Gasteiger partial charge in [-0.1, -0.05) is 47.1 Å². The first-order valence-electron chi connectivity index (χ1n) is 5.48. The fourth-order valence-corrected chi connectivity index (χ4v) is 3.14. The lowest BCUT2D eigenvalue weighted by molar-refractivity contribution is 0.751. The molecule has 0 saturated heterocycles. The van der Waals surface area contributed by atoms with Crippen molar-refractivity contribution < 1.29 is 0 Å². The van der Waals surface area contributed by atoms with Gasteiger partial charge in [0, 0.05) is 5.33 Å². The van der Waals surface area contributed by atoms with Gasteiger partial charge in [-0.2, -0.15) is 11.8 Å². The zero-order chi connectivity index (χ0) is 11.1. The van der Waals surface area contributed by atoms with Crippen molar-refractivity contribution in [2.75, 3.05) is 16.8 Å². The van der Waals surface area contributed by atoms with Crippen LogP contribution in [-0.4, -0.2) is 16.8 Å². The third kappa shape index (κ3) is 4.20. The van der Waals surface area contributed by atoms with Crippen molar-refractivity contribution in [2.45, 2.75) is 26.2 Å². The lowest BCUT2D eigenvalue weighted by Crippen LogP contribution is -2.04. The summed E-state index contributed by atoms with van der Waals surface area (Å²) in [6.45, 7) is 4.43. The molecule has 1 rings (SSSR count). The second kappa shape index (κ2) is 7.34. The van der Waals surface area contributed by atoms with Crippen LogP contribution in [0.2, 0.25) is 0 Å². The molecule has 0 aromatic heterocycles. The molecule has 2 heteroatoms. The normalized spacial score (nSPS) is 12.7. The van der Waals surface area contributed by atoms with E-state index in [0.29, 0.717) is 5.92 Å². The van der Waals surface area contributed by atoms with Gasteiger partial charge in [-0.15, -0.1) is 0 Å². The Balaban J connectivity index is 2.61. The Hall–Kier alpha value is 0.0500. The van der Waals surface area contributed by atoms with E-state index in [1.807, 2.05) is 11.8 Å². The van der Waals surface area contributed by atoms with Crippen LogP contribution < -0.4 is 0 Å². The monoisotopic (exact) mass is 286 g/mol. The van der Waals surface area contributed by atoms with E-state index in [-0.39, 0.29) is 0 Å². The van der Waals surface area contributed by atoms with Crippen LogP contribution in [-0.2, 0) is 0 Å². The van der Waals surface area contributed by atoms with Crippen molar-refractivity contribution in [1.29, 1.82) is 0 Å². The lowest BCUT2D eigenvalue weighted by Gasteiger charge is -2.16. The second-order valence-corrected chi connectivity index (χ2v) is 5.73. The molecule has 1 atom stereocenters. The molecule has 0 spiro atoms. The average Bonchev–Trinajstić information content (AvgIpc) is 2.26. The van der Waals surface area contributed by atoms with Gasteiger partial charge in [-0.25, -0.2) is 0 Å². The first kappa shape index (κ1) is 13.1. The van der Waals surface area contributed by atoms with E-state index in [9.17, 15) is 0 Å². The molecule has 1 aromatic rings. The van der Waals surface area contributed by atoms with Crippen molar-refractivity contribution in [1.82, 2.24) is 0 Å². The van der Waals surface area contributed by atoms with Gasteiger partial charge in [0.15, 0.2) is 0 Å². The molecule has 0 saturated carbocycles. The van der Waals surface area contributed by atoms with Gasteiger partial charge in [0.25, 0.3) is 0 Å². The van der Waals surface area contributed by atoms with Crippen molar-refractivity contribution >= 4 is 27.7 Å². The molecule has 0 aliphatic heterocycles. The van der Waals surface area contributed by atoms with Crippen molar-refractivity contribution in [3.05, 3.63) is 35.4 Å². The third-order valence-corrected chi connectivity index (χ3v) is 4.34. The Morgan fingerprint density at radius 3 is 2.67 bits per heavy atom. The first-order valence-corrected chi connectivity index (χ1v) is 7.76. The van der Waals surface area contributed by atoms with Crippen LogP contribution >= 0.6 is 27.7 Å². The number of alkyl halides is 1. The molecule has 0 aliphatic carbocycles. The highest BCUT2D eigenvalue weighted by atomic mass is 79.9. The standard InChI is InChI=1S/C13H19BrS/c1-3-15-9-8-12(10-14)13-7-5-4-6-11(13)2/h4-7,12H,3,8-10H2,1-2H3. The van der Waals surface area contributed by atoms with Gasteiger partial charge >= 0.3 is 0 Å². The maximum Gasteiger partial charge on any atom is 0.0101 e. The number of benzene rings is 1. The van der Waals surface area contributed by atoms with Gasteiger partial charge in [0.1, 0.15) is 0 Å². The van der Waals surface area contributed by atoms with Crippen LogP contribution in [0.25, 0.3) is 0 Å². The second-order valence-electron chi connectivity index (χ2n) is 3.69. The van der Waals surface area contributed by atoms with Crippen LogP contribution in [0.3, 0.4) is 0 Å². The predicted molar refractivity (Wildman–Crippen MR) is 75.3 cm³/mol. The molecule has 0 N–H and O–H groups in total. The zero-order valence-electron chi connectivity index (χ0n) is 9.50. The van der Waals surface area contributed by atoms with E-state index >= 15 is 0 Å². The molecule has 0 heterocycles. The summed E-state index contributed by atoms with van der Waals surface area (Å²) in [5.74, 6) is 3.16. The van der Waals surface area contributed by atoms with Crippen LogP contribution in [0.15, 0.2) is 24.3 Å². The van der Waals surface area contributed by atoms with Crippen LogP contribution in [0.5, 0.6) is 0 Å². The minimum Gasteiger partial charge on any atom is -0.162 e. The summed E-state index contributed by atoms with van der Waals surface area (Å²) in [7, 11) is 0. The van der Waals surface area contributed by atoms with Crippen molar-refractivity contribution in [3.8, 4) is 0 Å². The number of thioether (sulfide) groups is 1. The molecule has 0 bridgehead atoms. The quantitative estimate of drug-likeness (QED) is 0.543. The molecule has 0 amide bonds. The first-order chi connectivity index (χ1) is 7.29. The Morgan fingerprint density at radius 2 is 2.07 bits per heavy atom. The molecule has 0 nitrogen and oxygen atoms in total. The lowest BCUT2D eigenvalue weighted by atomic mass is 9.94. The third-order valence-electron chi connectivity index (χ3n) is 2.63. The van der Waals surface area contributed by atoms with Gasteiger partial charge in [-0.3, -0.25) is 0 Å². The van der Waals surface area contributed by atoms with Crippen LogP contribution in [0.1, 0.15) is 30.4 Å². The van der Waals surface area contributed by atoms with E-state index in [4.69, 9.17) is 0 Å². The number of hydrogen-bond donors (Lipinski definition) is 0. The highest BCUT2D eigenvalue weighted by molar-refractivity contribution is 9.09.